The van der Waals surface area contributed by atoms with Gasteiger partial charge in [-0.1, -0.05) is 0 Å². The second-order valence-corrected chi connectivity index (χ2v) is 3.63. The summed E-state index contributed by atoms with van der Waals surface area (Å²) >= 11 is 0. The van der Waals surface area contributed by atoms with E-state index in [1.165, 1.54) is 13.8 Å². The minimum absolute atomic E-state index is 0. The fourth-order valence-corrected chi connectivity index (χ4v) is 1.46. The largest absolute Gasteiger partial charge is 0.452 e. The molecule has 80 valence electrons. The Labute approximate surface area is 83.2 Å². The Morgan fingerprint density at radius 2 is 1.85 bits per heavy atom. The van der Waals surface area contributed by atoms with Gasteiger partial charge in [-0.2, -0.15) is 12.7 Å². The summed E-state index contributed by atoms with van der Waals surface area (Å²) in [6.07, 6.45) is -1.10. The van der Waals surface area contributed by atoms with Crippen molar-refractivity contribution in [1.29, 1.82) is 0 Å². The maximum Gasteiger partial charge on any atom is 0.425 e. The first-order valence-corrected chi connectivity index (χ1v) is 4.55. The summed E-state index contributed by atoms with van der Waals surface area (Å²) in [7, 11) is -3.49. The number of methoxy groups -OCH3 is 1. The molecule has 0 fully saturated rings. The number of carbonyl (C=O) groups excluding carboxylic acids is 1. The molecule has 13 heavy (non-hydrogen) atoms. The van der Waals surface area contributed by atoms with Gasteiger partial charge >= 0.3 is 16.4 Å². The quantitative estimate of drug-likeness (QED) is 0.710. The van der Waals surface area contributed by atoms with Crippen molar-refractivity contribution in [3.63, 3.8) is 0 Å². The van der Waals surface area contributed by atoms with Crippen molar-refractivity contribution in [3.8, 4) is 0 Å². The van der Waals surface area contributed by atoms with Crippen LogP contribution in [-0.2, 0) is 15.0 Å². The molecule has 0 bridgehead atoms. The van der Waals surface area contributed by atoms with Gasteiger partial charge in [-0.15, -0.1) is 12.4 Å². The molecule has 0 unspecified atom stereocenters. The van der Waals surface area contributed by atoms with Crippen LogP contribution in [0.3, 0.4) is 0 Å². The summed E-state index contributed by atoms with van der Waals surface area (Å²) in [5.41, 5.74) is 0. The molecular weight excluding hydrogens is 222 g/mol. The lowest BCUT2D eigenvalue weighted by atomic mass is 10.4. The molecule has 0 aromatic rings. The second-order valence-electron chi connectivity index (χ2n) is 2.34. The van der Waals surface area contributed by atoms with Crippen molar-refractivity contribution < 1.29 is 22.5 Å². The lowest BCUT2D eigenvalue weighted by Crippen LogP contribution is -2.41. The van der Waals surface area contributed by atoms with Gasteiger partial charge < -0.3 is 4.74 Å². The monoisotopic (exact) mass is 233 g/mol. The molecule has 0 aromatic carbocycles. The molecule has 0 atom stereocenters. The minimum atomic E-state index is -4.52. The molecule has 0 aromatic heterocycles. The molecule has 1 amide bonds. The summed E-state index contributed by atoms with van der Waals surface area (Å²) in [5.74, 6) is 0. The van der Waals surface area contributed by atoms with Crippen LogP contribution in [0, 0.1) is 0 Å². The van der Waals surface area contributed by atoms with Crippen LogP contribution >= 0.6 is 12.4 Å². The molecule has 0 heterocycles. The molecule has 0 saturated heterocycles. The number of ether oxygens (including phenoxy) is 1. The fraction of sp³-hybridized carbons (Fsp3) is 0.800. The minimum Gasteiger partial charge on any atom is -0.452 e. The van der Waals surface area contributed by atoms with Gasteiger partial charge in [0.1, 0.15) is 0 Å². The Kier molecular flexibility index (Phi) is 6.05. The van der Waals surface area contributed by atoms with E-state index in [-0.39, 0.29) is 16.7 Å². The molecule has 0 aliphatic heterocycles. The van der Waals surface area contributed by atoms with E-state index in [0.717, 1.165) is 7.11 Å². The van der Waals surface area contributed by atoms with E-state index in [4.69, 9.17) is 4.55 Å². The second kappa shape index (κ2) is 5.25. The predicted octanol–water partition coefficient (Wildman–Crippen LogP) is 0.688. The number of hydrogen-bond donors (Lipinski definition) is 1. The van der Waals surface area contributed by atoms with Gasteiger partial charge in [0.2, 0.25) is 0 Å². The highest BCUT2D eigenvalue weighted by Crippen LogP contribution is 2.06. The lowest BCUT2D eigenvalue weighted by molar-refractivity contribution is 0.138. The van der Waals surface area contributed by atoms with Crippen LogP contribution in [0.4, 0.5) is 4.79 Å². The van der Waals surface area contributed by atoms with Crippen LogP contribution in [-0.4, -0.2) is 36.5 Å². The van der Waals surface area contributed by atoms with E-state index in [1.807, 2.05) is 0 Å². The van der Waals surface area contributed by atoms with Crippen molar-refractivity contribution in [2.75, 3.05) is 7.11 Å². The maximum absolute atomic E-state index is 10.8. The summed E-state index contributed by atoms with van der Waals surface area (Å²) in [4.78, 5) is 10.8. The molecule has 0 aliphatic carbocycles. The highest BCUT2D eigenvalue weighted by Gasteiger charge is 2.28. The van der Waals surface area contributed by atoms with E-state index in [1.54, 1.807) is 0 Å². The third kappa shape index (κ3) is 4.30. The van der Waals surface area contributed by atoms with Gasteiger partial charge in [-0.05, 0) is 13.8 Å². The van der Waals surface area contributed by atoms with E-state index in [9.17, 15) is 13.2 Å². The van der Waals surface area contributed by atoms with Gasteiger partial charge in [0.05, 0.1) is 7.11 Å². The third-order valence-corrected chi connectivity index (χ3v) is 2.14. The van der Waals surface area contributed by atoms with Crippen molar-refractivity contribution in [1.82, 2.24) is 4.31 Å². The highest BCUT2D eigenvalue weighted by molar-refractivity contribution is 7.84. The standard InChI is InChI=1S/C5H11NO5S.ClH/c1-4(2)6(5(7)11-3)12(8,9)10;/h4H,1-3H3,(H,8,9,10);1H. The first-order chi connectivity index (χ1) is 5.30. The molecule has 0 saturated carbocycles. The van der Waals surface area contributed by atoms with E-state index in [2.05, 4.69) is 4.74 Å². The molecular formula is C5H12ClNO5S. The van der Waals surface area contributed by atoms with E-state index in [0.29, 0.717) is 0 Å². The van der Waals surface area contributed by atoms with Gasteiger partial charge in [-0.3, -0.25) is 4.55 Å². The van der Waals surface area contributed by atoms with Gasteiger partial charge in [0.25, 0.3) is 0 Å². The van der Waals surface area contributed by atoms with Crippen LogP contribution in [0.25, 0.3) is 0 Å². The molecule has 0 rings (SSSR count). The Bertz CT molecular complexity index is 262. The SMILES string of the molecule is COC(=O)N(C(C)C)S(=O)(=O)O.Cl. The summed E-state index contributed by atoms with van der Waals surface area (Å²) in [6, 6.07) is -0.674. The first kappa shape index (κ1) is 15.0. The van der Waals surface area contributed by atoms with Gasteiger partial charge in [-0.25, -0.2) is 4.79 Å². The molecule has 0 aliphatic rings. The average Bonchev–Trinajstić information content (AvgIpc) is 1.83. The Morgan fingerprint density at radius 1 is 1.46 bits per heavy atom. The van der Waals surface area contributed by atoms with Crippen molar-refractivity contribution in [3.05, 3.63) is 0 Å². The number of amides is 1. The molecule has 8 heteroatoms. The summed E-state index contributed by atoms with van der Waals surface area (Å²) in [5, 5.41) is 0. The van der Waals surface area contributed by atoms with Crippen LogP contribution in [0.1, 0.15) is 13.8 Å². The highest BCUT2D eigenvalue weighted by atomic mass is 35.5. The predicted molar refractivity (Wildman–Crippen MR) is 48.2 cm³/mol. The van der Waals surface area contributed by atoms with Crippen LogP contribution < -0.4 is 0 Å². The zero-order valence-corrected chi connectivity index (χ0v) is 9.05. The molecule has 6 nitrogen and oxygen atoms in total. The number of halogens is 1. The average molecular weight is 234 g/mol. The summed E-state index contributed by atoms with van der Waals surface area (Å²) < 4.78 is 34.0. The van der Waals surface area contributed by atoms with Crippen LogP contribution in [0.15, 0.2) is 0 Å². The molecule has 1 N–H and O–H groups in total. The smallest absolute Gasteiger partial charge is 0.425 e. The Balaban J connectivity index is 0. The zero-order chi connectivity index (χ0) is 9.94. The van der Waals surface area contributed by atoms with Gasteiger partial charge in [0.15, 0.2) is 0 Å². The number of rotatable bonds is 2. The Morgan fingerprint density at radius 3 is 1.92 bits per heavy atom. The van der Waals surface area contributed by atoms with Crippen LogP contribution in [0.2, 0.25) is 0 Å². The van der Waals surface area contributed by atoms with Crippen LogP contribution in [0.5, 0.6) is 0 Å². The normalized spacial score (nSPS) is 10.5. The van der Waals surface area contributed by atoms with Gasteiger partial charge in [0, 0.05) is 6.04 Å². The van der Waals surface area contributed by atoms with E-state index < -0.39 is 22.4 Å². The van der Waals surface area contributed by atoms with Crippen molar-refractivity contribution >= 4 is 28.8 Å². The topological polar surface area (TPSA) is 83.9 Å². The van der Waals surface area contributed by atoms with E-state index >= 15 is 0 Å². The fourth-order valence-electron chi connectivity index (χ4n) is 0.661. The number of nitrogens with zero attached hydrogens (tertiary/aromatic N) is 1. The van der Waals surface area contributed by atoms with Crippen molar-refractivity contribution in [2.45, 2.75) is 19.9 Å². The zero-order valence-electron chi connectivity index (χ0n) is 7.42. The summed E-state index contributed by atoms with van der Waals surface area (Å²) in [6.45, 7) is 2.87. The lowest BCUT2D eigenvalue weighted by Gasteiger charge is -2.20. The van der Waals surface area contributed by atoms with Crippen molar-refractivity contribution in [2.24, 2.45) is 0 Å². The molecule has 0 radical (unpaired) electrons. The first-order valence-electron chi connectivity index (χ1n) is 3.15. The Hall–Kier alpha value is -0.530. The third-order valence-electron chi connectivity index (χ3n) is 1.07. The maximum atomic E-state index is 10.8. The molecule has 0 spiro atoms. The number of carbonyl (C=O) groups is 1. The number of hydrogen-bond acceptors (Lipinski definition) is 4.